The van der Waals surface area contributed by atoms with Gasteiger partial charge in [0.1, 0.15) is 5.82 Å². The van der Waals surface area contributed by atoms with Gasteiger partial charge in [0.05, 0.1) is 12.2 Å². The van der Waals surface area contributed by atoms with Crippen LogP contribution in [0, 0.1) is 5.82 Å². The van der Waals surface area contributed by atoms with Crippen LogP contribution in [0.5, 0.6) is 0 Å². The number of aliphatic hydroxyl groups excluding tert-OH is 1. The predicted molar refractivity (Wildman–Crippen MR) is 52.5 cm³/mol. The van der Waals surface area contributed by atoms with Gasteiger partial charge in [-0.05, 0) is 37.1 Å². The van der Waals surface area contributed by atoms with Gasteiger partial charge in [-0.3, -0.25) is 0 Å². The summed E-state index contributed by atoms with van der Waals surface area (Å²) in [5.41, 5.74) is 0.616. The molecule has 1 aromatic rings. The molecule has 0 amide bonds. The van der Waals surface area contributed by atoms with E-state index in [2.05, 4.69) is 4.74 Å². The van der Waals surface area contributed by atoms with Crippen molar-refractivity contribution >= 4 is 0 Å². The van der Waals surface area contributed by atoms with E-state index < -0.39 is 24.6 Å². The second-order valence-corrected chi connectivity index (χ2v) is 3.49. The zero-order valence-electron chi connectivity index (χ0n) is 8.95. The van der Waals surface area contributed by atoms with E-state index >= 15 is 0 Å². The fraction of sp³-hybridized carbons (Fsp3) is 0.455. The Balaban J connectivity index is 3.04. The summed E-state index contributed by atoms with van der Waals surface area (Å²) in [5, 5.41) is 9.41. The van der Waals surface area contributed by atoms with Crippen molar-refractivity contribution in [1.29, 1.82) is 0 Å². The van der Waals surface area contributed by atoms with Gasteiger partial charge in [0, 0.05) is 0 Å². The Bertz CT molecular complexity index is 353. The number of halogens is 3. The third kappa shape index (κ3) is 3.21. The van der Waals surface area contributed by atoms with E-state index in [1.54, 1.807) is 0 Å². The summed E-state index contributed by atoms with van der Waals surface area (Å²) in [4.78, 5) is 0. The third-order valence-corrected chi connectivity index (χ3v) is 2.24. The van der Waals surface area contributed by atoms with Crippen LogP contribution in [0.2, 0.25) is 0 Å². The summed E-state index contributed by atoms with van der Waals surface area (Å²) in [5.74, 6) is -0.552. The summed E-state index contributed by atoms with van der Waals surface area (Å²) >= 11 is 0. The minimum Gasteiger partial charge on any atom is -0.389 e. The molecule has 0 saturated carbocycles. The monoisotopic (exact) mass is 234 g/mol. The van der Waals surface area contributed by atoms with Gasteiger partial charge in [0.25, 0.3) is 0 Å². The van der Waals surface area contributed by atoms with E-state index in [0.29, 0.717) is 5.56 Å². The van der Waals surface area contributed by atoms with Crippen molar-refractivity contribution in [3.8, 4) is 0 Å². The van der Waals surface area contributed by atoms with Gasteiger partial charge in [0.15, 0.2) is 0 Å². The molecule has 1 N–H and O–H groups in total. The molecule has 5 heteroatoms. The number of hydrogen-bond acceptors (Lipinski definition) is 2. The van der Waals surface area contributed by atoms with E-state index in [4.69, 9.17) is 0 Å². The smallest absolute Gasteiger partial charge is 0.345 e. The molecule has 0 aliphatic rings. The summed E-state index contributed by atoms with van der Waals surface area (Å²) in [6.45, 7) is -0.0707. The van der Waals surface area contributed by atoms with Crippen LogP contribution in [0.4, 0.5) is 13.2 Å². The van der Waals surface area contributed by atoms with Crippen molar-refractivity contribution in [2.24, 2.45) is 0 Å². The molecule has 0 bridgehead atoms. The summed E-state index contributed by atoms with van der Waals surface area (Å²) in [6, 6.07) is 3.62. The Hall–Kier alpha value is -1.07. The minimum atomic E-state index is -2.93. The molecular weight excluding hydrogens is 221 g/mol. The van der Waals surface area contributed by atoms with Gasteiger partial charge in [-0.1, -0.05) is 6.07 Å². The number of alkyl halides is 2. The first-order chi connectivity index (χ1) is 7.41. The van der Waals surface area contributed by atoms with Crippen LogP contribution in [0.15, 0.2) is 18.2 Å². The molecule has 2 atom stereocenters. The minimum absolute atomic E-state index is 0.232. The highest BCUT2D eigenvalue weighted by Gasteiger charge is 2.18. The van der Waals surface area contributed by atoms with Gasteiger partial charge < -0.3 is 9.84 Å². The van der Waals surface area contributed by atoms with Crippen LogP contribution in [0.3, 0.4) is 0 Å². The molecule has 16 heavy (non-hydrogen) atoms. The van der Waals surface area contributed by atoms with Crippen LogP contribution < -0.4 is 0 Å². The fourth-order valence-electron chi connectivity index (χ4n) is 1.51. The number of benzene rings is 1. The molecule has 0 saturated heterocycles. The summed E-state index contributed by atoms with van der Waals surface area (Å²) < 4.78 is 41.3. The molecular formula is C11H13F3O2. The molecule has 0 fully saturated rings. The van der Waals surface area contributed by atoms with E-state index in [1.807, 2.05) is 0 Å². The lowest BCUT2D eigenvalue weighted by molar-refractivity contribution is -0.160. The highest BCUT2D eigenvalue weighted by Crippen LogP contribution is 2.28. The molecule has 2 nitrogen and oxygen atoms in total. The van der Waals surface area contributed by atoms with Gasteiger partial charge in [-0.15, -0.1) is 0 Å². The largest absolute Gasteiger partial charge is 0.389 e. The summed E-state index contributed by atoms with van der Waals surface area (Å²) in [6.07, 6.45) is -1.83. The van der Waals surface area contributed by atoms with E-state index in [0.717, 1.165) is 6.07 Å². The third-order valence-electron chi connectivity index (χ3n) is 2.24. The van der Waals surface area contributed by atoms with Crippen molar-refractivity contribution in [1.82, 2.24) is 0 Å². The quantitative estimate of drug-likeness (QED) is 0.866. The molecule has 1 rings (SSSR count). The van der Waals surface area contributed by atoms with Crippen molar-refractivity contribution in [3.05, 3.63) is 35.1 Å². The number of hydrogen-bond donors (Lipinski definition) is 1. The second-order valence-electron chi connectivity index (χ2n) is 3.49. The van der Waals surface area contributed by atoms with E-state index in [-0.39, 0.29) is 5.56 Å². The van der Waals surface area contributed by atoms with Crippen LogP contribution in [0.25, 0.3) is 0 Å². The molecule has 1 aromatic carbocycles. The summed E-state index contributed by atoms with van der Waals surface area (Å²) in [7, 11) is 0. The maximum atomic E-state index is 13.0. The molecule has 0 heterocycles. The first kappa shape index (κ1) is 13.0. The molecule has 0 aliphatic heterocycles. The normalized spacial score (nSPS) is 15.2. The Kier molecular flexibility index (Phi) is 4.32. The van der Waals surface area contributed by atoms with Gasteiger partial charge >= 0.3 is 6.61 Å². The Morgan fingerprint density at radius 2 is 1.81 bits per heavy atom. The lowest BCUT2D eigenvalue weighted by atomic mass is 9.99. The van der Waals surface area contributed by atoms with Crippen LogP contribution >= 0.6 is 0 Å². The number of ether oxygens (including phenoxy) is 1. The van der Waals surface area contributed by atoms with Gasteiger partial charge in [-0.25, -0.2) is 4.39 Å². The zero-order chi connectivity index (χ0) is 12.3. The molecule has 0 radical (unpaired) electrons. The van der Waals surface area contributed by atoms with Crippen molar-refractivity contribution in [2.75, 3.05) is 0 Å². The molecule has 0 aromatic heterocycles. The zero-order valence-corrected chi connectivity index (χ0v) is 8.95. The standard InChI is InChI=1S/C11H13F3O2/c1-6(15)9-4-3-8(12)5-10(9)7(2)16-11(13)14/h3-7,11,15H,1-2H3. The first-order valence-electron chi connectivity index (χ1n) is 4.83. The maximum absolute atomic E-state index is 13.0. The average molecular weight is 234 g/mol. The Morgan fingerprint density at radius 3 is 2.31 bits per heavy atom. The first-order valence-corrected chi connectivity index (χ1v) is 4.83. The number of aliphatic hydroxyl groups is 1. The SMILES string of the molecule is CC(O)c1ccc(F)cc1C(C)OC(F)F. The van der Waals surface area contributed by atoms with Crippen molar-refractivity contribution < 1.29 is 23.0 Å². The number of rotatable bonds is 4. The maximum Gasteiger partial charge on any atom is 0.345 e. The van der Waals surface area contributed by atoms with Crippen molar-refractivity contribution in [2.45, 2.75) is 32.7 Å². The predicted octanol–water partition coefficient (Wildman–Crippen LogP) is 3.18. The van der Waals surface area contributed by atoms with Crippen LogP contribution in [-0.2, 0) is 4.74 Å². The van der Waals surface area contributed by atoms with Crippen molar-refractivity contribution in [3.63, 3.8) is 0 Å². The Morgan fingerprint density at radius 1 is 1.19 bits per heavy atom. The molecule has 2 unspecified atom stereocenters. The Labute approximate surface area is 91.7 Å². The van der Waals surface area contributed by atoms with Crippen LogP contribution in [0.1, 0.15) is 37.2 Å². The fourth-order valence-corrected chi connectivity index (χ4v) is 1.51. The van der Waals surface area contributed by atoms with E-state index in [9.17, 15) is 18.3 Å². The topological polar surface area (TPSA) is 29.5 Å². The highest BCUT2D eigenvalue weighted by atomic mass is 19.3. The highest BCUT2D eigenvalue weighted by molar-refractivity contribution is 5.31. The molecule has 90 valence electrons. The second kappa shape index (κ2) is 5.32. The van der Waals surface area contributed by atoms with Gasteiger partial charge in [-0.2, -0.15) is 8.78 Å². The van der Waals surface area contributed by atoms with Gasteiger partial charge in [0.2, 0.25) is 0 Å². The van der Waals surface area contributed by atoms with E-state index in [1.165, 1.54) is 26.0 Å². The molecule has 0 spiro atoms. The molecule has 0 aliphatic carbocycles. The lowest BCUT2D eigenvalue weighted by Gasteiger charge is -2.18. The average Bonchev–Trinajstić information content (AvgIpc) is 2.15. The van der Waals surface area contributed by atoms with Crippen LogP contribution in [-0.4, -0.2) is 11.7 Å². The lowest BCUT2D eigenvalue weighted by Crippen LogP contribution is -2.09.